The molecule has 0 bridgehead atoms. The molecule has 0 aromatic rings. The van der Waals surface area contributed by atoms with Gasteiger partial charge in [0.2, 0.25) is 0 Å². The van der Waals surface area contributed by atoms with Crippen LogP contribution in [0.3, 0.4) is 0 Å². The van der Waals surface area contributed by atoms with Crippen molar-refractivity contribution in [1.82, 2.24) is 5.32 Å². The van der Waals surface area contributed by atoms with Crippen LogP contribution < -0.4 is 5.32 Å². The van der Waals surface area contributed by atoms with Crippen LogP contribution in [-0.2, 0) is 10.1 Å². The third kappa shape index (κ3) is 9.83. The third-order valence-corrected chi connectivity index (χ3v) is 1.70. The normalized spacial score (nSPS) is 14.8. The molecule has 0 heterocycles. The van der Waals surface area contributed by atoms with Gasteiger partial charge in [-0.15, -0.1) is 0 Å². The fourth-order valence-corrected chi connectivity index (χ4v) is 0.914. The van der Waals surface area contributed by atoms with Crippen molar-refractivity contribution in [2.45, 2.75) is 13.0 Å². The molecule has 0 radical (unpaired) electrons. The van der Waals surface area contributed by atoms with Crippen LogP contribution in [0.25, 0.3) is 0 Å². The van der Waals surface area contributed by atoms with Gasteiger partial charge in [0, 0.05) is 13.1 Å². The minimum atomic E-state index is -3.87. The molecule has 0 aliphatic carbocycles. The van der Waals surface area contributed by atoms with Crippen molar-refractivity contribution in [3.8, 4) is 0 Å². The number of aliphatic hydroxyl groups is 1. The van der Waals surface area contributed by atoms with Gasteiger partial charge in [0.05, 0.1) is 11.9 Å². The van der Waals surface area contributed by atoms with Crippen molar-refractivity contribution in [2.24, 2.45) is 0 Å². The molecule has 0 aromatic carbocycles. The Hall–Kier alpha value is -0.170. The average molecular weight is 183 g/mol. The highest BCUT2D eigenvalue weighted by molar-refractivity contribution is 7.85. The van der Waals surface area contributed by atoms with Crippen molar-refractivity contribution in [3.63, 3.8) is 0 Å². The van der Waals surface area contributed by atoms with Crippen LogP contribution in [0.2, 0.25) is 0 Å². The molecule has 0 saturated carbocycles. The SMILES string of the molecule is CC(O)CNCCS(=O)(=O)O. The van der Waals surface area contributed by atoms with E-state index in [1.165, 1.54) is 0 Å². The lowest BCUT2D eigenvalue weighted by molar-refractivity contribution is 0.192. The number of hydrogen-bond donors (Lipinski definition) is 3. The second-order valence-corrected chi connectivity index (χ2v) is 3.91. The van der Waals surface area contributed by atoms with Crippen molar-refractivity contribution in [3.05, 3.63) is 0 Å². The summed E-state index contributed by atoms with van der Waals surface area (Å²) in [7, 11) is -3.87. The monoisotopic (exact) mass is 183 g/mol. The first kappa shape index (κ1) is 10.8. The van der Waals surface area contributed by atoms with E-state index in [0.29, 0.717) is 6.54 Å². The van der Waals surface area contributed by atoms with Crippen LogP contribution >= 0.6 is 0 Å². The highest BCUT2D eigenvalue weighted by atomic mass is 32.2. The molecular formula is C5H13NO4S. The maximum absolute atomic E-state index is 10.1. The summed E-state index contributed by atoms with van der Waals surface area (Å²) >= 11 is 0. The zero-order chi connectivity index (χ0) is 8.91. The van der Waals surface area contributed by atoms with Gasteiger partial charge in [-0.25, -0.2) is 0 Å². The Labute approximate surface area is 66.2 Å². The lowest BCUT2D eigenvalue weighted by Crippen LogP contribution is -2.29. The summed E-state index contributed by atoms with van der Waals surface area (Å²) in [6.45, 7) is 2.07. The standard InChI is InChI=1S/C5H13NO4S/c1-5(7)4-6-2-3-11(8,9)10/h5-7H,2-4H2,1H3,(H,8,9,10). The van der Waals surface area contributed by atoms with E-state index in [4.69, 9.17) is 9.66 Å². The van der Waals surface area contributed by atoms with Crippen molar-refractivity contribution in [1.29, 1.82) is 0 Å². The molecule has 6 heteroatoms. The first-order valence-corrected chi connectivity index (χ1v) is 4.86. The van der Waals surface area contributed by atoms with E-state index in [1.54, 1.807) is 6.92 Å². The Morgan fingerprint density at radius 2 is 2.09 bits per heavy atom. The van der Waals surface area contributed by atoms with E-state index < -0.39 is 16.2 Å². The predicted octanol–water partition coefficient (Wildman–Crippen LogP) is -1.16. The molecular weight excluding hydrogens is 170 g/mol. The summed E-state index contributed by atoms with van der Waals surface area (Å²) in [6, 6.07) is 0. The van der Waals surface area contributed by atoms with E-state index in [2.05, 4.69) is 5.32 Å². The molecule has 5 nitrogen and oxygen atoms in total. The summed E-state index contributed by atoms with van der Waals surface area (Å²) in [6.07, 6.45) is -0.503. The zero-order valence-electron chi connectivity index (χ0n) is 6.32. The first-order valence-electron chi connectivity index (χ1n) is 3.26. The van der Waals surface area contributed by atoms with E-state index in [1.807, 2.05) is 0 Å². The van der Waals surface area contributed by atoms with Gasteiger partial charge in [-0.2, -0.15) is 8.42 Å². The highest BCUT2D eigenvalue weighted by Gasteiger charge is 2.02. The maximum Gasteiger partial charge on any atom is 0.266 e. The fourth-order valence-electron chi connectivity index (χ4n) is 0.512. The van der Waals surface area contributed by atoms with Crippen LogP contribution in [0.15, 0.2) is 0 Å². The lowest BCUT2D eigenvalue weighted by Gasteiger charge is -2.04. The van der Waals surface area contributed by atoms with E-state index >= 15 is 0 Å². The molecule has 0 rings (SSSR count). The summed E-state index contributed by atoms with van der Waals surface area (Å²) in [5, 5.41) is 11.4. The summed E-state index contributed by atoms with van der Waals surface area (Å²) in [5.41, 5.74) is 0. The van der Waals surface area contributed by atoms with Crippen molar-refractivity contribution in [2.75, 3.05) is 18.8 Å². The minimum Gasteiger partial charge on any atom is -0.392 e. The van der Waals surface area contributed by atoms with Crippen molar-refractivity contribution < 1.29 is 18.1 Å². The minimum absolute atomic E-state index is 0.156. The summed E-state index contributed by atoms with van der Waals surface area (Å²) in [5.74, 6) is -0.320. The van der Waals surface area contributed by atoms with Gasteiger partial charge < -0.3 is 10.4 Å². The molecule has 1 atom stereocenters. The Morgan fingerprint density at radius 3 is 2.45 bits per heavy atom. The van der Waals surface area contributed by atoms with Gasteiger partial charge in [0.25, 0.3) is 10.1 Å². The Kier molecular flexibility index (Phi) is 4.58. The molecule has 11 heavy (non-hydrogen) atoms. The van der Waals surface area contributed by atoms with Crippen LogP contribution in [0.5, 0.6) is 0 Å². The van der Waals surface area contributed by atoms with Gasteiger partial charge in [0.15, 0.2) is 0 Å². The van der Waals surface area contributed by atoms with Crippen LogP contribution in [0.1, 0.15) is 6.92 Å². The summed E-state index contributed by atoms with van der Waals surface area (Å²) < 4.78 is 28.5. The lowest BCUT2D eigenvalue weighted by atomic mass is 10.4. The Morgan fingerprint density at radius 1 is 1.55 bits per heavy atom. The summed E-state index contributed by atoms with van der Waals surface area (Å²) in [4.78, 5) is 0. The number of hydrogen-bond acceptors (Lipinski definition) is 4. The number of rotatable bonds is 5. The van der Waals surface area contributed by atoms with Gasteiger partial charge in [-0.1, -0.05) is 0 Å². The molecule has 1 unspecified atom stereocenters. The zero-order valence-corrected chi connectivity index (χ0v) is 7.13. The van der Waals surface area contributed by atoms with E-state index in [9.17, 15) is 8.42 Å². The van der Waals surface area contributed by atoms with E-state index in [0.717, 1.165) is 0 Å². The predicted molar refractivity (Wildman–Crippen MR) is 41.0 cm³/mol. The van der Waals surface area contributed by atoms with Gasteiger partial charge in [0.1, 0.15) is 0 Å². The number of nitrogens with one attached hydrogen (secondary N) is 1. The Bertz CT molecular complexity index is 187. The van der Waals surface area contributed by atoms with Crippen LogP contribution in [-0.4, -0.2) is 43.0 Å². The highest BCUT2D eigenvalue weighted by Crippen LogP contribution is 1.79. The third-order valence-electron chi connectivity index (χ3n) is 0.977. The average Bonchev–Trinajstić information content (AvgIpc) is 1.78. The second kappa shape index (κ2) is 4.66. The molecule has 0 amide bonds. The maximum atomic E-state index is 10.1. The number of aliphatic hydroxyl groups excluding tert-OH is 1. The van der Waals surface area contributed by atoms with Gasteiger partial charge >= 0.3 is 0 Å². The Balaban J connectivity index is 3.30. The van der Waals surface area contributed by atoms with Gasteiger partial charge in [-0.3, -0.25) is 4.55 Å². The van der Waals surface area contributed by atoms with Gasteiger partial charge in [-0.05, 0) is 6.92 Å². The van der Waals surface area contributed by atoms with Crippen LogP contribution in [0.4, 0.5) is 0 Å². The largest absolute Gasteiger partial charge is 0.392 e. The molecule has 0 saturated heterocycles. The second-order valence-electron chi connectivity index (χ2n) is 2.34. The molecule has 0 aromatic heterocycles. The molecule has 0 aliphatic heterocycles. The molecule has 68 valence electrons. The molecule has 3 N–H and O–H groups in total. The van der Waals surface area contributed by atoms with Crippen LogP contribution in [0, 0.1) is 0 Å². The topological polar surface area (TPSA) is 86.6 Å². The molecule has 0 aliphatic rings. The molecule has 0 fully saturated rings. The van der Waals surface area contributed by atoms with E-state index in [-0.39, 0.29) is 12.3 Å². The smallest absolute Gasteiger partial charge is 0.266 e. The molecule has 0 spiro atoms. The fraction of sp³-hybridized carbons (Fsp3) is 1.00. The first-order chi connectivity index (χ1) is 4.92. The van der Waals surface area contributed by atoms with Crippen molar-refractivity contribution >= 4 is 10.1 Å². The quantitative estimate of drug-likeness (QED) is 0.370.